The number of carbonyl (C=O) groups excluding carboxylic acids is 1. The molecule has 0 saturated carbocycles. The lowest BCUT2D eigenvalue weighted by atomic mass is 9.91. The number of aromatic nitrogens is 2. The van der Waals surface area contributed by atoms with E-state index in [0.717, 1.165) is 26.0 Å². The Bertz CT molecular complexity index is 1120. The standard InChI is InChI=1S/C25H30N4O4S2/c1-4-26-24(31)27-20-7-5-6-19(12-20)23-32-21(14-34-25-29-28-16(3)35-25)15(2)22(33-23)18-10-8-17(13-30)9-11-18/h5-12,15,21-23,30H,4,13-14H2,1-3H3,(H2,26,27,31)/t15-,21+,22+,23+/m0/s1. The average molecular weight is 515 g/mol. The molecule has 3 aromatic rings. The predicted octanol–water partition coefficient (Wildman–Crippen LogP) is 5.06. The minimum atomic E-state index is -0.605. The fourth-order valence-corrected chi connectivity index (χ4v) is 5.90. The summed E-state index contributed by atoms with van der Waals surface area (Å²) in [6, 6.07) is 15.1. The van der Waals surface area contributed by atoms with Crippen LogP contribution in [0.2, 0.25) is 0 Å². The van der Waals surface area contributed by atoms with Crippen LogP contribution in [0, 0.1) is 12.8 Å². The molecule has 0 aliphatic carbocycles. The third kappa shape index (κ3) is 6.59. The van der Waals surface area contributed by atoms with Crippen LogP contribution in [-0.2, 0) is 16.1 Å². The zero-order valence-corrected chi connectivity index (χ0v) is 21.6. The largest absolute Gasteiger partial charge is 0.392 e. The predicted molar refractivity (Wildman–Crippen MR) is 137 cm³/mol. The van der Waals surface area contributed by atoms with Crippen molar-refractivity contribution in [1.82, 2.24) is 15.5 Å². The fourth-order valence-electron chi connectivity index (χ4n) is 3.90. The second-order valence-electron chi connectivity index (χ2n) is 8.33. The lowest BCUT2D eigenvalue weighted by Gasteiger charge is -2.41. The summed E-state index contributed by atoms with van der Waals surface area (Å²) < 4.78 is 13.9. The highest BCUT2D eigenvalue weighted by Gasteiger charge is 2.38. The van der Waals surface area contributed by atoms with Crippen molar-refractivity contribution in [3.8, 4) is 0 Å². The van der Waals surface area contributed by atoms with Gasteiger partial charge in [-0.15, -0.1) is 10.2 Å². The number of ether oxygens (including phenoxy) is 2. The van der Waals surface area contributed by atoms with Crippen molar-refractivity contribution in [3.05, 3.63) is 70.2 Å². The molecule has 1 aromatic heterocycles. The second kappa shape index (κ2) is 12.0. The van der Waals surface area contributed by atoms with Crippen molar-refractivity contribution in [1.29, 1.82) is 0 Å². The average Bonchev–Trinajstić information content (AvgIpc) is 3.29. The van der Waals surface area contributed by atoms with Crippen LogP contribution < -0.4 is 10.6 Å². The normalized spacial score (nSPS) is 22.1. The van der Waals surface area contributed by atoms with Crippen LogP contribution in [0.5, 0.6) is 0 Å². The molecular formula is C25H30N4O4S2. The number of aryl methyl sites for hydroxylation is 1. The topological polar surface area (TPSA) is 106 Å². The van der Waals surface area contributed by atoms with E-state index in [9.17, 15) is 9.90 Å². The Labute approximate surface area is 213 Å². The fraction of sp³-hybridized carbons (Fsp3) is 0.400. The first-order valence-electron chi connectivity index (χ1n) is 11.5. The SMILES string of the molecule is CCNC(=O)Nc1cccc([C@@H]2O[C@H](CSc3nnc(C)s3)[C@H](C)[C@H](c3ccc(CO)cc3)O2)c1. The van der Waals surface area contributed by atoms with E-state index < -0.39 is 6.29 Å². The van der Waals surface area contributed by atoms with Gasteiger partial charge in [0.25, 0.3) is 0 Å². The number of nitrogens with zero attached hydrogens (tertiary/aromatic N) is 2. The first kappa shape index (κ1) is 25.6. The Morgan fingerprint density at radius 3 is 2.63 bits per heavy atom. The first-order valence-corrected chi connectivity index (χ1v) is 13.4. The van der Waals surface area contributed by atoms with Crippen LogP contribution in [0.1, 0.15) is 47.9 Å². The van der Waals surface area contributed by atoms with Crippen molar-refractivity contribution in [3.63, 3.8) is 0 Å². The van der Waals surface area contributed by atoms with Crippen LogP contribution in [0.15, 0.2) is 52.9 Å². The molecule has 0 radical (unpaired) electrons. The number of hydrogen-bond donors (Lipinski definition) is 3. The maximum Gasteiger partial charge on any atom is 0.319 e. The van der Waals surface area contributed by atoms with Gasteiger partial charge in [0.05, 0.1) is 18.8 Å². The molecule has 0 unspecified atom stereocenters. The monoisotopic (exact) mass is 514 g/mol. The number of benzene rings is 2. The van der Waals surface area contributed by atoms with E-state index in [1.807, 2.05) is 62.4 Å². The molecule has 1 aliphatic rings. The molecule has 186 valence electrons. The first-order chi connectivity index (χ1) is 17.0. The van der Waals surface area contributed by atoms with Gasteiger partial charge in [0.2, 0.25) is 0 Å². The molecule has 1 saturated heterocycles. The molecule has 0 spiro atoms. The third-order valence-corrected chi connectivity index (χ3v) is 7.82. The van der Waals surface area contributed by atoms with Crippen LogP contribution in [0.3, 0.4) is 0 Å². The smallest absolute Gasteiger partial charge is 0.319 e. The van der Waals surface area contributed by atoms with Gasteiger partial charge in [0, 0.05) is 29.5 Å². The van der Waals surface area contributed by atoms with Gasteiger partial charge in [-0.25, -0.2) is 4.79 Å². The number of aliphatic hydroxyl groups is 1. The quantitative estimate of drug-likeness (QED) is 0.361. The molecule has 1 fully saturated rings. The highest BCUT2D eigenvalue weighted by atomic mass is 32.2. The second-order valence-corrected chi connectivity index (χ2v) is 10.8. The number of rotatable bonds is 8. The molecule has 2 heterocycles. The summed E-state index contributed by atoms with van der Waals surface area (Å²) >= 11 is 3.21. The van der Waals surface area contributed by atoms with Gasteiger partial charge < -0.3 is 25.2 Å². The van der Waals surface area contributed by atoms with Gasteiger partial charge in [-0.1, -0.05) is 66.4 Å². The van der Waals surface area contributed by atoms with Gasteiger partial charge >= 0.3 is 6.03 Å². The molecule has 2 aromatic carbocycles. The summed E-state index contributed by atoms with van der Waals surface area (Å²) in [5.74, 6) is 0.780. The van der Waals surface area contributed by atoms with Crippen molar-refractivity contribution in [2.75, 3.05) is 17.6 Å². The van der Waals surface area contributed by atoms with Crippen molar-refractivity contribution in [2.45, 2.75) is 50.2 Å². The number of urea groups is 1. The van der Waals surface area contributed by atoms with Crippen molar-refractivity contribution < 1.29 is 19.4 Å². The molecule has 0 bridgehead atoms. The van der Waals surface area contributed by atoms with Crippen LogP contribution in [0.4, 0.5) is 10.5 Å². The summed E-state index contributed by atoms with van der Waals surface area (Å²) in [5, 5.41) is 24.3. The number of hydrogen-bond acceptors (Lipinski definition) is 8. The Hall–Kier alpha value is -2.50. The minimum absolute atomic E-state index is 0.000967. The van der Waals surface area contributed by atoms with Gasteiger partial charge in [0.1, 0.15) is 5.01 Å². The minimum Gasteiger partial charge on any atom is -0.392 e. The molecule has 1 aliphatic heterocycles. The lowest BCUT2D eigenvalue weighted by molar-refractivity contribution is -0.268. The zero-order chi connectivity index (χ0) is 24.8. The molecule has 2 amide bonds. The lowest BCUT2D eigenvalue weighted by Crippen LogP contribution is -2.38. The Kier molecular flexibility index (Phi) is 8.74. The zero-order valence-electron chi connectivity index (χ0n) is 19.9. The van der Waals surface area contributed by atoms with Crippen LogP contribution in [-0.4, -0.2) is 39.7 Å². The number of nitrogens with one attached hydrogen (secondary N) is 2. The number of amides is 2. The van der Waals surface area contributed by atoms with Crippen LogP contribution in [0.25, 0.3) is 0 Å². The van der Waals surface area contributed by atoms with E-state index in [0.29, 0.717) is 18.0 Å². The molecule has 8 nitrogen and oxygen atoms in total. The van der Waals surface area contributed by atoms with Crippen LogP contribution >= 0.6 is 23.1 Å². The van der Waals surface area contributed by atoms with Gasteiger partial charge in [0.15, 0.2) is 10.6 Å². The van der Waals surface area contributed by atoms with E-state index in [4.69, 9.17) is 9.47 Å². The Morgan fingerprint density at radius 2 is 1.94 bits per heavy atom. The third-order valence-electron chi connectivity index (χ3n) is 5.76. The number of carbonyl (C=O) groups is 1. The highest BCUT2D eigenvalue weighted by Crippen LogP contribution is 2.43. The number of anilines is 1. The molecule has 4 rings (SSSR count). The molecular weight excluding hydrogens is 484 g/mol. The summed E-state index contributed by atoms with van der Waals surface area (Å²) in [7, 11) is 0. The van der Waals surface area contributed by atoms with Gasteiger partial charge in [-0.3, -0.25) is 0 Å². The molecule has 3 N–H and O–H groups in total. The summed E-state index contributed by atoms with van der Waals surface area (Å²) in [5.41, 5.74) is 3.37. The molecule has 35 heavy (non-hydrogen) atoms. The van der Waals surface area contributed by atoms with Gasteiger partial charge in [-0.2, -0.15) is 0 Å². The van der Waals surface area contributed by atoms with E-state index in [2.05, 4.69) is 27.8 Å². The maximum absolute atomic E-state index is 12.0. The van der Waals surface area contributed by atoms with Crippen molar-refractivity contribution in [2.24, 2.45) is 5.92 Å². The summed E-state index contributed by atoms with van der Waals surface area (Å²) in [4.78, 5) is 12.0. The maximum atomic E-state index is 12.0. The molecule has 4 atom stereocenters. The Balaban J connectivity index is 1.57. The van der Waals surface area contributed by atoms with E-state index >= 15 is 0 Å². The van der Waals surface area contributed by atoms with Crippen molar-refractivity contribution >= 4 is 34.8 Å². The van der Waals surface area contributed by atoms with Gasteiger partial charge in [-0.05, 0) is 37.1 Å². The summed E-state index contributed by atoms with van der Waals surface area (Å²) in [6.45, 7) is 6.49. The van der Waals surface area contributed by atoms with E-state index in [1.54, 1.807) is 23.1 Å². The molecule has 10 heteroatoms. The Morgan fingerprint density at radius 1 is 1.14 bits per heavy atom. The highest BCUT2D eigenvalue weighted by molar-refractivity contribution is 8.01. The summed E-state index contributed by atoms with van der Waals surface area (Å²) in [6.07, 6.45) is -0.916. The van der Waals surface area contributed by atoms with E-state index in [-0.39, 0.29) is 30.8 Å². The van der Waals surface area contributed by atoms with E-state index in [1.165, 1.54) is 0 Å². The number of thioether (sulfide) groups is 1. The number of aliphatic hydroxyl groups excluding tert-OH is 1.